The third kappa shape index (κ3) is 4.04. The SMILES string of the molecule is Nc1cc([N+](=O)[O-])ccc1C(=O)OCC(=O)Nc1ccc2c(c1)C(=O)c1ccccc1C2=O. The van der Waals surface area contributed by atoms with Crippen LogP contribution in [0.2, 0.25) is 0 Å². The van der Waals surface area contributed by atoms with Crippen molar-refractivity contribution in [3.8, 4) is 0 Å². The molecule has 1 amide bonds. The number of nitro benzene ring substituents is 1. The second kappa shape index (κ2) is 8.35. The molecule has 0 spiro atoms. The maximum atomic E-state index is 12.8. The second-order valence-electron chi connectivity index (χ2n) is 7.12. The Bertz CT molecular complexity index is 1360. The molecule has 3 aromatic rings. The van der Waals surface area contributed by atoms with Crippen LogP contribution in [-0.2, 0) is 9.53 Å². The zero-order chi connectivity index (χ0) is 23.7. The Balaban J connectivity index is 1.44. The quantitative estimate of drug-likeness (QED) is 0.205. The maximum absolute atomic E-state index is 12.8. The van der Waals surface area contributed by atoms with Gasteiger partial charge in [-0.25, -0.2) is 4.79 Å². The second-order valence-corrected chi connectivity index (χ2v) is 7.12. The van der Waals surface area contributed by atoms with Crippen LogP contribution in [0.25, 0.3) is 0 Å². The summed E-state index contributed by atoms with van der Waals surface area (Å²) in [7, 11) is 0. The fraction of sp³-hybridized carbons (Fsp3) is 0.0435. The van der Waals surface area contributed by atoms with Gasteiger partial charge >= 0.3 is 5.97 Å². The number of ether oxygens (including phenoxy) is 1. The minimum Gasteiger partial charge on any atom is -0.452 e. The number of nitrogens with two attached hydrogens (primary N) is 1. The van der Waals surface area contributed by atoms with E-state index in [2.05, 4.69) is 5.32 Å². The number of non-ortho nitro benzene ring substituents is 1. The molecular weight excluding hydrogens is 430 g/mol. The molecule has 0 radical (unpaired) electrons. The summed E-state index contributed by atoms with van der Waals surface area (Å²) in [5.74, 6) is -2.25. The van der Waals surface area contributed by atoms with Crippen LogP contribution in [-0.4, -0.2) is 35.0 Å². The van der Waals surface area contributed by atoms with Crippen molar-refractivity contribution in [2.24, 2.45) is 0 Å². The first-order valence-corrected chi connectivity index (χ1v) is 9.59. The first-order valence-electron chi connectivity index (χ1n) is 9.59. The van der Waals surface area contributed by atoms with Crippen molar-refractivity contribution in [2.45, 2.75) is 0 Å². The van der Waals surface area contributed by atoms with Gasteiger partial charge in [-0.2, -0.15) is 0 Å². The normalized spacial score (nSPS) is 11.9. The smallest absolute Gasteiger partial charge is 0.340 e. The van der Waals surface area contributed by atoms with Crippen molar-refractivity contribution in [3.05, 3.63) is 98.6 Å². The van der Waals surface area contributed by atoms with E-state index >= 15 is 0 Å². The van der Waals surface area contributed by atoms with Gasteiger partial charge in [-0.15, -0.1) is 0 Å². The lowest BCUT2D eigenvalue weighted by molar-refractivity contribution is -0.384. The van der Waals surface area contributed by atoms with Gasteiger partial charge in [-0.05, 0) is 24.3 Å². The molecule has 10 heteroatoms. The lowest BCUT2D eigenvalue weighted by Gasteiger charge is -2.18. The number of benzene rings is 3. The number of amides is 1. The van der Waals surface area contributed by atoms with E-state index in [-0.39, 0.29) is 50.9 Å². The number of ketones is 2. The number of nitrogens with one attached hydrogen (secondary N) is 1. The number of nitrogens with zero attached hydrogens (tertiary/aromatic N) is 1. The fourth-order valence-electron chi connectivity index (χ4n) is 3.43. The highest BCUT2D eigenvalue weighted by molar-refractivity contribution is 6.28. The number of anilines is 2. The molecule has 0 aromatic heterocycles. The number of esters is 1. The number of fused-ring (bicyclic) bond motifs is 2. The van der Waals surface area contributed by atoms with Gasteiger partial charge < -0.3 is 15.8 Å². The molecule has 164 valence electrons. The van der Waals surface area contributed by atoms with E-state index in [0.717, 1.165) is 18.2 Å². The summed E-state index contributed by atoms with van der Waals surface area (Å²) < 4.78 is 4.92. The first-order chi connectivity index (χ1) is 15.8. The van der Waals surface area contributed by atoms with Crippen molar-refractivity contribution in [2.75, 3.05) is 17.7 Å². The molecule has 10 nitrogen and oxygen atoms in total. The van der Waals surface area contributed by atoms with Crippen LogP contribution in [0.4, 0.5) is 17.1 Å². The number of carbonyl (C=O) groups is 4. The summed E-state index contributed by atoms with van der Waals surface area (Å²) in [4.78, 5) is 59.9. The van der Waals surface area contributed by atoms with Gasteiger partial charge in [0.05, 0.1) is 16.2 Å². The molecule has 0 heterocycles. The van der Waals surface area contributed by atoms with Crippen LogP contribution in [0.1, 0.15) is 42.2 Å². The Kier molecular flexibility index (Phi) is 5.41. The molecule has 1 aliphatic rings. The Morgan fingerprint density at radius 3 is 2.18 bits per heavy atom. The Labute approximate surface area is 186 Å². The van der Waals surface area contributed by atoms with Crippen LogP contribution in [0, 0.1) is 10.1 Å². The molecule has 0 bridgehead atoms. The van der Waals surface area contributed by atoms with Crippen LogP contribution in [0.5, 0.6) is 0 Å². The summed E-state index contributed by atoms with van der Waals surface area (Å²) in [5.41, 5.74) is 6.32. The third-order valence-corrected chi connectivity index (χ3v) is 5.01. The largest absolute Gasteiger partial charge is 0.452 e. The van der Waals surface area contributed by atoms with E-state index in [1.807, 2.05) is 0 Å². The monoisotopic (exact) mass is 445 g/mol. The lowest BCUT2D eigenvalue weighted by atomic mass is 9.84. The van der Waals surface area contributed by atoms with Crippen LogP contribution >= 0.6 is 0 Å². The average molecular weight is 445 g/mol. The molecular formula is C23H15N3O7. The molecule has 3 N–H and O–H groups in total. The Morgan fingerprint density at radius 2 is 1.55 bits per heavy atom. The third-order valence-electron chi connectivity index (χ3n) is 5.01. The fourth-order valence-corrected chi connectivity index (χ4v) is 3.43. The number of carbonyl (C=O) groups excluding carboxylic acids is 4. The van der Waals surface area contributed by atoms with E-state index in [1.54, 1.807) is 24.3 Å². The van der Waals surface area contributed by atoms with Gasteiger partial charge in [-0.3, -0.25) is 24.5 Å². The summed E-state index contributed by atoms with van der Waals surface area (Å²) in [6, 6.07) is 14.0. The summed E-state index contributed by atoms with van der Waals surface area (Å²) in [6.07, 6.45) is 0. The van der Waals surface area contributed by atoms with E-state index in [0.29, 0.717) is 5.56 Å². The number of hydrogen-bond donors (Lipinski definition) is 2. The minimum atomic E-state index is -0.930. The van der Waals surface area contributed by atoms with Crippen LogP contribution < -0.4 is 11.1 Å². The van der Waals surface area contributed by atoms with Gasteiger partial charge in [0.2, 0.25) is 0 Å². The molecule has 0 fully saturated rings. The molecule has 3 aromatic carbocycles. The van der Waals surface area contributed by atoms with E-state index < -0.39 is 23.4 Å². The number of hydrogen-bond acceptors (Lipinski definition) is 8. The highest BCUT2D eigenvalue weighted by Gasteiger charge is 2.29. The molecule has 4 rings (SSSR count). The molecule has 33 heavy (non-hydrogen) atoms. The molecule has 0 aliphatic heterocycles. The van der Waals surface area contributed by atoms with Gasteiger partial charge in [0, 0.05) is 40.1 Å². The molecule has 0 saturated carbocycles. The highest BCUT2D eigenvalue weighted by atomic mass is 16.6. The standard InChI is InChI=1S/C23H15N3O7/c24-19-10-13(26(31)32)6-8-17(19)23(30)33-11-20(27)25-12-5-7-16-18(9-12)22(29)15-4-2-1-3-14(15)21(16)28/h1-10H,11,24H2,(H,25,27). The predicted molar refractivity (Wildman–Crippen MR) is 116 cm³/mol. The number of nitro groups is 1. The Hall–Kier alpha value is -4.86. The summed E-state index contributed by atoms with van der Waals surface area (Å²) in [5, 5.41) is 13.2. The minimum absolute atomic E-state index is 0.120. The van der Waals surface area contributed by atoms with Crippen molar-refractivity contribution in [1.82, 2.24) is 0 Å². The lowest BCUT2D eigenvalue weighted by Crippen LogP contribution is -2.23. The van der Waals surface area contributed by atoms with Crippen LogP contribution in [0.3, 0.4) is 0 Å². The van der Waals surface area contributed by atoms with E-state index in [9.17, 15) is 29.3 Å². The highest BCUT2D eigenvalue weighted by Crippen LogP contribution is 2.29. The van der Waals surface area contributed by atoms with Crippen molar-refractivity contribution in [1.29, 1.82) is 0 Å². The molecule has 0 atom stereocenters. The molecule has 0 unspecified atom stereocenters. The Morgan fingerprint density at radius 1 is 0.909 bits per heavy atom. The molecule has 0 saturated heterocycles. The number of nitrogen functional groups attached to an aromatic ring is 1. The van der Waals surface area contributed by atoms with Gasteiger partial charge in [0.15, 0.2) is 18.2 Å². The zero-order valence-electron chi connectivity index (χ0n) is 16.9. The van der Waals surface area contributed by atoms with Crippen molar-refractivity contribution < 1.29 is 28.8 Å². The van der Waals surface area contributed by atoms with E-state index in [1.165, 1.54) is 18.2 Å². The molecule has 1 aliphatic carbocycles. The first kappa shape index (κ1) is 21.4. The number of rotatable bonds is 5. The van der Waals surface area contributed by atoms with Gasteiger partial charge in [0.1, 0.15) is 0 Å². The van der Waals surface area contributed by atoms with Crippen molar-refractivity contribution >= 4 is 40.5 Å². The topological polar surface area (TPSA) is 159 Å². The zero-order valence-corrected chi connectivity index (χ0v) is 16.9. The average Bonchev–Trinajstić information content (AvgIpc) is 2.81. The van der Waals surface area contributed by atoms with Crippen molar-refractivity contribution in [3.63, 3.8) is 0 Å². The van der Waals surface area contributed by atoms with Gasteiger partial charge in [0.25, 0.3) is 11.6 Å². The predicted octanol–water partition coefficient (Wildman–Crippen LogP) is 2.75. The summed E-state index contributed by atoms with van der Waals surface area (Å²) in [6.45, 7) is -0.665. The summed E-state index contributed by atoms with van der Waals surface area (Å²) >= 11 is 0. The van der Waals surface area contributed by atoms with Crippen LogP contribution in [0.15, 0.2) is 60.7 Å². The van der Waals surface area contributed by atoms with E-state index in [4.69, 9.17) is 10.5 Å². The van der Waals surface area contributed by atoms with Gasteiger partial charge in [-0.1, -0.05) is 24.3 Å². The maximum Gasteiger partial charge on any atom is 0.340 e.